The average molecular weight is 374 g/mol. The van der Waals surface area contributed by atoms with Crippen LogP contribution in [-0.2, 0) is 11.3 Å². The van der Waals surface area contributed by atoms with Gasteiger partial charge in [-0.05, 0) is 62.2 Å². The van der Waals surface area contributed by atoms with Gasteiger partial charge in [0.15, 0.2) is 0 Å². The van der Waals surface area contributed by atoms with Crippen LogP contribution >= 0.6 is 0 Å². The van der Waals surface area contributed by atoms with E-state index in [1.165, 1.54) is 11.1 Å². The minimum Gasteiger partial charge on any atom is -0.326 e. The Morgan fingerprint density at radius 3 is 2.64 bits per heavy atom. The van der Waals surface area contributed by atoms with Crippen LogP contribution in [0.1, 0.15) is 24.0 Å². The second kappa shape index (κ2) is 8.40. The Labute approximate surface area is 166 Å². The SMILES string of the molecule is Cc1ccc(NC(=O)C2CCCN(Cc3ccc(-n4cccn4)cc3)C2)cc1. The number of nitrogens with one attached hydrogen (secondary N) is 1. The number of benzene rings is 2. The Kier molecular flexibility index (Phi) is 5.53. The molecule has 1 saturated heterocycles. The third kappa shape index (κ3) is 4.49. The quantitative estimate of drug-likeness (QED) is 0.733. The fourth-order valence-corrected chi connectivity index (χ4v) is 3.73. The van der Waals surface area contributed by atoms with Crippen molar-refractivity contribution in [1.82, 2.24) is 14.7 Å². The molecule has 5 nitrogen and oxygen atoms in total. The lowest BCUT2D eigenvalue weighted by molar-refractivity contribution is -0.121. The summed E-state index contributed by atoms with van der Waals surface area (Å²) in [5.74, 6) is 0.168. The highest BCUT2D eigenvalue weighted by Gasteiger charge is 2.25. The van der Waals surface area contributed by atoms with Crippen LogP contribution in [-0.4, -0.2) is 33.7 Å². The van der Waals surface area contributed by atoms with Crippen molar-refractivity contribution in [3.05, 3.63) is 78.1 Å². The van der Waals surface area contributed by atoms with E-state index >= 15 is 0 Å². The van der Waals surface area contributed by atoms with Crippen LogP contribution in [0.2, 0.25) is 0 Å². The van der Waals surface area contributed by atoms with E-state index in [9.17, 15) is 4.79 Å². The molecule has 2 heterocycles. The number of carbonyl (C=O) groups excluding carboxylic acids is 1. The first-order valence-corrected chi connectivity index (χ1v) is 9.86. The molecule has 0 bridgehead atoms. The van der Waals surface area contributed by atoms with Crippen molar-refractivity contribution in [2.45, 2.75) is 26.3 Å². The molecule has 144 valence electrons. The summed E-state index contributed by atoms with van der Waals surface area (Å²) in [5.41, 5.74) is 4.39. The summed E-state index contributed by atoms with van der Waals surface area (Å²) in [6.07, 6.45) is 5.73. The minimum atomic E-state index is 0.0402. The standard InChI is InChI=1S/C23H26N4O/c1-18-5-9-21(10-6-18)25-23(28)20-4-2-14-26(17-20)16-19-7-11-22(12-8-19)27-15-3-13-24-27/h3,5-13,15,20H,2,4,14,16-17H2,1H3,(H,25,28). The maximum atomic E-state index is 12.7. The van der Waals surface area contributed by atoms with Crippen LogP contribution in [0.4, 0.5) is 5.69 Å². The molecule has 2 aromatic carbocycles. The number of rotatable bonds is 5. The first kappa shape index (κ1) is 18.4. The molecule has 0 spiro atoms. The second-order valence-corrected chi connectivity index (χ2v) is 7.55. The first-order valence-electron chi connectivity index (χ1n) is 9.86. The van der Waals surface area contributed by atoms with Crippen molar-refractivity contribution in [2.24, 2.45) is 5.92 Å². The van der Waals surface area contributed by atoms with Gasteiger partial charge >= 0.3 is 0 Å². The Bertz CT molecular complexity index is 901. The summed E-state index contributed by atoms with van der Waals surface area (Å²) in [5, 5.41) is 7.33. The van der Waals surface area contributed by atoms with Crippen LogP contribution in [0.15, 0.2) is 67.0 Å². The molecule has 28 heavy (non-hydrogen) atoms. The van der Waals surface area contributed by atoms with Gasteiger partial charge in [-0.1, -0.05) is 29.8 Å². The van der Waals surface area contributed by atoms with Crippen LogP contribution in [0.5, 0.6) is 0 Å². The average Bonchev–Trinajstić information content (AvgIpc) is 3.25. The number of likely N-dealkylation sites (tertiary alicyclic amines) is 1. The van der Waals surface area contributed by atoms with Crippen molar-refractivity contribution in [3.8, 4) is 5.69 Å². The summed E-state index contributed by atoms with van der Waals surface area (Å²) in [6, 6.07) is 18.4. The Hall–Kier alpha value is -2.92. The van der Waals surface area contributed by atoms with E-state index in [0.29, 0.717) is 0 Å². The van der Waals surface area contributed by atoms with E-state index in [4.69, 9.17) is 0 Å². The lowest BCUT2D eigenvalue weighted by atomic mass is 9.96. The van der Waals surface area contributed by atoms with Crippen LogP contribution < -0.4 is 5.32 Å². The molecule has 1 fully saturated rings. The fraction of sp³-hybridized carbons (Fsp3) is 0.304. The van der Waals surface area contributed by atoms with Gasteiger partial charge in [-0.25, -0.2) is 4.68 Å². The van der Waals surface area contributed by atoms with Gasteiger partial charge in [-0.2, -0.15) is 5.10 Å². The van der Waals surface area contributed by atoms with Gasteiger partial charge in [0.2, 0.25) is 5.91 Å². The van der Waals surface area contributed by atoms with Gasteiger partial charge < -0.3 is 5.32 Å². The lowest BCUT2D eigenvalue weighted by Crippen LogP contribution is -2.40. The second-order valence-electron chi connectivity index (χ2n) is 7.55. The molecule has 4 rings (SSSR count). The molecule has 1 amide bonds. The molecular weight excluding hydrogens is 348 g/mol. The molecule has 1 aliphatic rings. The zero-order valence-corrected chi connectivity index (χ0v) is 16.2. The number of hydrogen-bond acceptors (Lipinski definition) is 3. The summed E-state index contributed by atoms with van der Waals surface area (Å²) in [6.45, 7) is 4.76. The van der Waals surface area contributed by atoms with E-state index in [0.717, 1.165) is 43.9 Å². The third-order valence-corrected chi connectivity index (χ3v) is 5.31. The largest absolute Gasteiger partial charge is 0.326 e. The molecule has 1 unspecified atom stereocenters. The molecule has 1 atom stereocenters. The Morgan fingerprint density at radius 1 is 1.14 bits per heavy atom. The van der Waals surface area contributed by atoms with Crippen molar-refractivity contribution < 1.29 is 4.79 Å². The molecular formula is C23H26N4O. The third-order valence-electron chi connectivity index (χ3n) is 5.31. The number of anilines is 1. The van der Waals surface area contributed by atoms with Gasteiger partial charge in [-0.3, -0.25) is 9.69 Å². The maximum Gasteiger partial charge on any atom is 0.228 e. The van der Waals surface area contributed by atoms with Crippen LogP contribution in [0.3, 0.4) is 0 Å². The molecule has 0 saturated carbocycles. The number of aromatic nitrogens is 2. The van der Waals surface area contributed by atoms with Gasteiger partial charge in [0.1, 0.15) is 0 Å². The zero-order valence-electron chi connectivity index (χ0n) is 16.2. The van der Waals surface area contributed by atoms with Crippen LogP contribution in [0.25, 0.3) is 5.69 Å². The van der Waals surface area contributed by atoms with Crippen molar-refractivity contribution in [3.63, 3.8) is 0 Å². The first-order chi connectivity index (χ1) is 13.7. The van der Waals surface area contributed by atoms with E-state index < -0.39 is 0 Å². The topological polar surface area (TPSA) is 50.2 Å². The molecule has 0 aliphatic carbocycles. The predicted molar refractivity (Wildman–Crippen MR) is 111 cm³/mol. The monoisotopic (exact) mass is 374 g/mol. The number of hydrogen-bond donors (Lipinski definition) is 1. The van der Waals surface area contributed by atoms with E-state index in [2.05, 4.69) is 39.6 Å². The number of piperidine rings is 1. The maximum absolute atomic E-state index is 12.7. The number of amides is 1. The minimum absolute atomic E-state index is 0.0402. The highest BCUT2D eigenvalue weighted by molar-refractivity contribution is 5.92. The fourth-order valence-electron chi connectivity index (χ4n) is 3.73. The van der Waals surface area contributed by atoms with Gasteiger partial charge in [0, 0.05) is 31.2 Å². The summed E-state index contributed by atoms with van der Waals surface area (Å²) in [7, 11) is 0. The highest BCUT2D eigenvalue weighted by Crippen LogP contribution is 2.21. The molecule has 1 aromatic heterocycles. The van der Waals surface area contributed by atoms with E-state index in [1.54, 1.807) is 6.20 Å². The highest BCUT2D eigenvalue weighted by atomic mass is 16.1. The van der Waals surface area contributed by atoms with E-state index in [1.807, 2.05) is 48.1 Å². The normalized spacial score (nSPS) is 17.4. The Balaban J connectivity index is 1.34. The number of nitrogens with zero attached hydrogens (tertiary/aromatic N) is 3. The zero-order chi connectivity index (χ0) is 19.3. The number of carbonyl (C=O) groups is 1. The van der Waals surface area contributed by atoms with Gasteiger partial charge in [0.05, 0.1) is 11.6 Å². The summed E-state index contributed by atoms with van der Waals surface area (Å²) in [4.78, 5) is 15.1. The molecule has 5 heteroatoms. The van der Waals surface area contributed by atoms with Gasteiger partial charge in [-0.15, -0.1) is 0 Å². The lowest BCUT2D eigenvalue weighted by Gasteiger charge is -2.32. The Morgan fingerprint density at radius 2 is 1.93 bits per heavy atom. The van der Waals surface area contributed by atoms with Gasteiger partial charge in [0.25, 0.3) is 0 Å². The van der Waals surface area contributed by atoms with Crippen molar-refractivity contribution in [1.29, 1.82) is 0 Å². The van der Waals surface area contributed by atoms with Crippen molar-refractivity contribution >= 4 is 11.6 Å². The van der Waals surface area contributed by atoms with Crippen molar-refractivity contribution in [2.75, 3.05) is 18.4 Å². The smallest absolute Gasteiger partial charge is 0.228 e. The molecule has 1 aliphatic heterocycles. The number of aryl methyl sites for hydroxylation is 1. The molecule has 1 N–H and O–H groups in total. The van der Waals surface area contributed by atoms with Crippen LogP contribution in [0, 0.1) is 12.8 Å². The van der Waals surface area contributed by atoms with E-state index in [-0.39, 0.29) is 11.8 Å². The summed E-state index contributed by atoms with van der Waals surface area (Å²) < 4.78 is 1.86. The molecule has 0 radical (unpaired) electrons. The predicted octanol–water partition coefficient (Wildman–Crippen LogP) is 4.03. The summed E-state index contributed by atoms with van der Waals surface area (Å²) >= 11 is 0. The molecule has 3 aromatic rings.